The number of aryl methyl sites for hydroxylation is 1. The van der Waals surface area contributed by atoms with Crippen LogP contribution in [0.3, 0.4) is 0 Å². The monoisotopic (exact) mass is 470 g/mol. The van der Waals surface area contributed by atoms with Gasteiger partial charge in [-0.1, -0.05) is 12.1 Å². The highest BCUT2D eigenvalue weighted by atomic mass is 32.1. The first-order chi connectivity index (χ1) is 15.0. The lowest BCUT2D eigenvalue weighted by Crippen LogP contribution is -2.26. The molecule has 0 radical (unpaired) electrons. The molecule has 3 aromatic heterocycles. The van der Waals surface area contributed by atoms with Crippen molar-refractivity contribution in [1.29, 1.82) is 0 Å². The quantitative estimate of drug-likeness (QED) is 0.336. The van der Waals surface area contributed by atoms with Crippen LogP contribution in [0.2, 0.25) is 0 Å². The molecule has 3 heterocycles. The molecule has 8 nitrogen and oxygen atoms in total. The third-order valence-electron chi connectivity index (χ3n) is 4.79. The largest absolute Gasteiger partial charge is 0.389 e. The number of hydrogen-bond acceptors (Lipinski definition) is 8. The van der Waals surface area contributed by atoms with Crippen LogP contribution in [0.5, 0.6) is 0 Å². The van der Waals surface area contributed by atoms with E-state index in [1.54, 1.807) is 55.6 Å². The van der Waals surface area contributed by atoms with Gasteiger partial charge in [0.05, 0.1) is 35.1 Å². The minimum atomic E-state index is -2.48. The Labute approximate surface area is 191 Å². The average molecular weight is 471 g/mol. The Balaban J connectivity index is 1.70. The number of anilines is 4. The second kappa shape index (κ2) is 8.31. The molecule has 0 saturated heterocycles. The van der Waals surface area contributed by atoms with Crippen molar-refractivity contribution in [2.75, 3.05) is 24.0 Å². The van der Waals surface area contributed by atoms with Crippen molar-refractivity contribution < 1.29 is 9.67 Å². The van der Waals surface area contributed by atoms with Gasteiger partial charge < -0.3 is 20.3 Å². The Kier molecular flexibility index (Phi) is 5.83. The van der Waals surface area contributed by atoms with Crippen molar-refractivity contribution >= 4 is 57.1 Å². The van der Waals surface area contributed by atoms with Gasteiger partial charge in [0.1, 0.15) is 17.8 Å². The molecule has 0 aliphatic carbocycles. The van der Waals surface area contributed by atoms with E-state index in [2.05, 4.69) is 20.7 Å². The van der Waals surface area contributed by atoms with Gasteiger partial charge >= 0.3 is 0 Å². The lowest BCUT2D eigenvalue weighted by atomic mass is 10.1. The molecule has 0 fully saturated rings. The molecule has 0 aliphatic heterocycles. The number of benzene rings is 1. The maximum atomic E-state index is 12.8. The molecule has 4 aromatic rings. The highest BCUT2D eigenvalue weighted by molar-refractivity contribution is 7.70. The van der Waals surface area contributed by atoms with E-state index in [0.29, 0.717) is 18.3 Å². The van der Waals surface area contributed by atoms with E-state index >= 15 is 0 Å². The van der Waals surface area contributed by atoms with Gasteiger partial charge in [0.15, 0.2) is 0 Å². The smallest absolute Gasteiger partial charge is 0.230 e. The van der Waals surface area contributed by atoms with E-state index in [1.807, 2.05) is 36.6 Å². The van der Waals surface area contributed by atoms with Crippen LogP contribution in [-0.2, 0) is 11.1 Å². The molecule has 0 amide bonds. The van der Waals surface area contributed by atoms with Crippen LogP contribution < -0.4 is 15.9 Å². The molecule has 3 N–H and O–H groups in total. The Morgan fingerprint density at radius 3 is 2.66 bits per heavy atom. The fourth-order valence-corrected chi connectivity index (χ4v) is 5.52. The molecule has 10 heteroatoms. The van der Waals surface area contributed by atoms with Crippen LogP contribution in [0.4, 0.5) is 23.1 Å². The van der Waals surface area contributed by atoms with Gasteiger partial charge in [0.25, 0.3) is 0 Å². The van der Waals surface area contributed by atoms with Crippen molar-refractivity contribution in [3.8, 4) is 0 Å². The molecule has 0 spiro atoms. The molecule has 0 atom stereocenters. The zero-order chi connectivity index (χ0) is 23.1. The number of thiophene rings is 1. The molecule has 0 unspecified atom stereocenters. The van der Waals surface area contributed by atoms with Crippen molar-refractivity contribution in [2.24, 2.45) is 0 Å². The highest BCUT2D eigenvalue weighted by Gasteiger charge is 2.19. The molecule has 1 aromatic carbocycles. The van der Waals surface area contributed by atoms with E-state index in [4.69, 9.17) is 4.98 Å². The summed E-state index contributed by atoms with van der Waals surface area (Å²) in [6, 6.07) is 7.61. The number of aliphatic hydroxyl groups is 1. The summed E-state index contributed by atoms with van der Waals surface area (Å²) in [5, 5.41) is 24.7. The SMILES string of the molecule is Cc1csc2nc(Nc3cnn(CC(C)(C)O)c3)nc(Nc3ccccc3P(C)(C)=O)c12. The lowest BCUT2D eigenvalue weighted by Gasteiger charge is -2.16. The van der Waals surface area contributed by atoms with Gasteiger partial charge in [0, 0.05) is 11.5 Å². The Morgan fingerprint density at radius 2 is 1.94 bits per heavy atom. The number of rotatable bonds is 7. The number of nitrogens with zero attached hydrogens (tertiary/aromatic N) is 4. The number of nitrogens with one attached hydrogen (secondary N) is 2. The van der Waals surface area contributed by atoms with E-state index in [0.717, 1.165) is 32.5 Å². The number of para-hydroxylation sites is 1. The fraction of sp³-hybridized carbons (Fsp3) is 0.318. The molecular weight excluding hydrogens is 443 g/mol. The zero-order valence-electron chi connectivity index (χ0n) is 18.7. The van der Waals surface area contributed by atoms with Crippen LogP contribution in [0.15, 0.2) is 42.0 Å². The molecule has 0 saturated carbocycles. The molecule has 168 valence electrons. The maximum Gasteiger partial charge on any atom is 0.230 e. The van der Waals surface area contributed by atoms with Gasteiger partial charge in [-0.3, -0.25) is 4.68 Å². The molecular formula is C22H27N6O2PS. The third kappa shape index (κ3) is 5.01. The van der Waals surface area contributed by atoms with Crippen LogP contribution in [0, 0.1) is 6.92 Å². The average Bonchev–Trinajstić information content (AvgIpc) is 3.26. The topological polar surface area (TPSA) is 105 Å². The molecule has 0 bridgehead atoms. The minimum Gasteiger partial charge on any atom is -0.389 e. The van der Waals surface area contributed by atoms with E-state index in [9.17, 15) is 9.67 Å². The van der Waals surface area contributed by atoms with Crippen molar-refractivity contribution in [1.82, 2.24) is 19.7 Å². The summed E-state index contributed by atoms with van der Waals surface area (Å²) in [7, 11) is -2.48. The number of aromatic nitrogens is 4. The number of hydrogen-bond donors (Lipinski definition) is 3. The van der Waals surface area contributed by atoms with Gasteiger partial charge in [-0.15, -0.1) is 11.3 Å². The Bertz CT molecular complexity index is 1320. The number of fused-ring (bicyclic) bond motifs is 1. The molecule has 4 rings (SSSR count). The zero-order valence-corrected chi connectivity index (χ0v) is 20.5. The maximum absolute atomic E-state index is 12.8. The first-order valence-electron chi connectivity index (χ1n) is 10.2. The van der Waals surface area contributed by atoms with Gasteiger partial charge in [-0.25, -0.2) is 4.98 Å². The summed E-state index contributed by atoms with van der Waals surface area (Å²) >= 11 is 1.55. The van der Waals surface area contributed by atoms with Crippen LogP contribution in [-0.4, -0.2) is 43.8 Å². The van der Waals surface area contributed by atoms with Crippen LogP contribution in [0.1, 0.15) is 19.4 Å². The Hall–Kier alpha value is -2.74. The first kappa shape index (κ1) is 22.5. The normalized spacial score (nSPS) is 12.3. The summed E-state index contributed by atoms with van der Waals surface area (Å²) in [5.41, 5.74) is 1.70. The summed E-state index contributed by atoms with van der Waals surface area (Å²) in [6.07, 6.45) is 3.48. The van der Waals surface area contributed by atoms with E-state index < -0.39 is 12.7 Å². The molecule has 0 aliphatic rings. The summed E-state index contributed by atoms with van der Waals surface area (Å²) in [4.78, 5) is 10.2. The van der Waals surface area contributed by atoms with Crippen molar-refractivity contribution in [3.05, 3.63) is 47.6 Å². The predicted octanol–water partition coefficient (Wildman–Crippen LogP) is 4.70. The second-order valence-electron chi connectivity index (χ2n) is 8.85. The lowest BCUT2D eigenvalue weighted by molar-refractivity contribution is 0.0578. The standard InChI is InChI=1S/C22H27N6O2PS/c1-14-12-32-20-18(14)19(25-16-8-6-7-9-17(16)31(4,5)30)26-21(27-20)24-15-10-23-28(11-15)13-22(2,3)29/h6-12,29H,13H2,1-5H3,(H2,24,25,26,27). The van der Waals surface area contributed by atoms with E-state index in [-0.39, 0.29) is 0 Å². The van der Waals surface area contributed by atoms with Gasteiger partial charge in [0.2, 0.25) is 5.95 Å². The second-order valence-corrected chi connectivity index (χ2v) is 12.9. The summed E-state index contributed by atoms with van der Waals surface area (Å²) in [5.74, 6) is 1.08. The van der Waals surface area contributed by atoms with Crippen molar-refractivity contribution in [2.45, 2.75) is 32.9 Å². The first-order valence-corrected chi connectivity index (χ1v) is 13.7. The van der Waals surface area contributed by atoms with Crippen LogP contribution in [0.25, 0.3) is 10.2 Å². The Morgan fingerprint density at radius 1 is 1.19 bits per heavy atom. The summed E-state index contributed by atoms with van der Waals surface area (Å²) in [6.45, 7) is 9.39. The minimum absolute atomic E-state index is 0.371. The van der Waals surface area contributed by atoms with Crippen molar-refractivity contribution in [3.63, 3.8) is 0 Å². The highest BCUT2D eigenvalue weighted by Crippen LogP contribution is 2.39. The predicted molar refractivity (Wildman–Crippen MR) is 133 cm³/mol. The molecule has 32 heavy (non-hydrogen) atoms. The fourth-order valence-electron chi connectivity index (χ4n) is 3.45. The van der Waals surface area contributed by atoms with Gasteiger partial charge in [-0.05, 0) is 57.2 Å². The third-order valence-corrected chi connectivity index (χ3v) is 7.33. The summed E-state index contributed by atoms with van der Waals surface area (Å²) < 4.78 is 14.5. The van der Waals surface area contributed by atoms with E-state index in [1.165, 1.54) is 0 Å². The van der Waals surface area contributed by atoms with Gasteiger partial charge in [-0.2, -0.15) is 10.1 Å². The van der Waals surface area contributed by atoms with Crippen LogP contribution >= 0.6 is 18.5 Å².